The monoisotopic (exact) mass is 362 g/mol. The Morgan fingerprint density at radius 1 is 1.07 bits per heavy atom. The summed E-state index contributed by atoms with van der Waals surface area (Å²) in [6.07, 6.45) is -1.14. The number of carbonyl (C=O) groups is 1. The second-order valence-corrected chi connectivity index (χ2v) is 5.86. The summed E-state index contributed by atoms with van der Waals surface area (Å²) in [6, 6.07) is 12.0. The molecule has 9 nitrogen and oxygen atoms in total. The lowest BCUT2D eigenvalue weighted by atomic mass is 10.2. The maximum Gasteiger partial charge on any atom is 0.409 e. The Morgan fingerprint density at radius 3 is 2.70 bits per heavy atom. The molecular formula is C18H14N6O3. The molecule has 4 rings (SSSR count). The highest BCUT2D eigenvalue weighted by Crippen LogP contribution is 2.22. The molecule has 0 unspecified atom stereocenters. The number of hydrogen-bond donors (Lipinski definition) is 4. The van der Waals surface area contributed by atoms with Crippen LogP contribution in [0.5, 0.6) is 0 Å². The number of anilines is 3. The molecule has 27 heavy (non-hydrogen) atoms. The van der Waals surface area contributed by atoms with E-state index in [0.29, 0.717) is 33.2 Å². The summed E-state index contributed by atoms with van der Waals surface area (Å²) in [4.78, 5) is 38.7. The number of hydrogen-bond acceptors (Lipinski definition) is 6. The van der Waals surface area contributed by atoms with Crippen LogP contribution in [0.3, 0.4) is 0 Å². The minimum absolute atomic E-state index is 0.238. The van der Waals surface area contributed by atoms with E-state index in [9.17, 15) is 9.59 Å². The van der Waals surface area contributed by atoms with Crippen molar-refractivity contribution in [3.63, 3.8) is 0 Å². The molecule has 0 atom stereocenters. The fourth-order valence-corrected chi connectivity index (χ4v) is 2.80. The smallest absolute Gasteiger partial charge is 0.409 e. The first-order chi connectivity index (χ1) is 13.0. The van der Waals surface area contributed by atoms with Gasteiger partial charge in [-0.2, -0.15) is 4.98 Å². The highest BCUT2D eigenvalue weighted by molar-refractivity contribution is 5.90. The number of carboxylic acid groups (broad SMARTS) is 1. The summed E-state index contributed by atoms with van der Waals surface area (Å²) < 4.78 is 0. The van der Waals surface area contributed by atoms with Crippen LogP contribution in [0, 0.1) is 6.92 Å². The molecule has 134 valence electrons. The van der Waals surface area contributed by atoms with Gasteiger partial charge in [0.15, 0.2) is 0 Å². The third-order valence-corrected chi connectivity index (χ3v) is 3.99. The Balaban J connectivity index is 1.72. The molecule has 0 saturated carbocycles. The van der Waals surface area contributed by atoms with E-state index in [1.54, 1.807) is 43.3 Å². The molecule has 0 aliphatic carbocycles. The fraction of sp³-hybridized carbons (Fsp3) is 0.0556. The minimum Gasteiger partial charge on any atom is -0.465 e. The summed E-state index contributed by atoms with van der Waals surface area (Å²) >= 11 is 0. The SMILES string of the molecule is Cc1nc(Nc2nc(=O)c3ccccc3[nH]2)nc2ccc(NC(=O)O)cc12. The number of aromatic amines is 1. The van der Waals surface area contributed by atoms with Crippen molar-refractivity contribution in [2.75, 3.05) is 10.6 Å². The number of H-pyrrole nitrogens is 1. The number of benzene rings is 2. The first kappa shape index (κ1) is 16.5. The molecule has 0 fully saturated rings. The molecular weight excluding hydrogens is 348 g/mol. The molecule has 0 aliphatic rings. The van der Waals surface area contributed by atoms with Gasteiger partial charge < -0.3 is 10.1 Å². The molecule has 0 saturated heterocycles. The Bertz CT molecular complexity index is 1250. The third kappa shape index (κ3) is 3.25. The van der Waals surface area contributed by atoms with Crippen molar-refractivity contribution >= 4 is 45.5 Å². The van der Waals surface area contributed by atoms with Crippen LogP contribution < -0.4 is 16.2 Å². The third-order valence-electron chi connectivity index (χ3n) is 3.99. The molecule has 4 aromatic rings. The predicted molar refractivity (Wildman–Crippen MR) is 102 cm³/mol. The second-order valence-electron chi connectivity index (χ2n) is 5.86. The van der Waals surface area contributed by atoms with Gasteiger partial charge in [-0.25, -0.2) is 14.8 Å². The summed E-state index contributed by atoms with van der Waals surface area (Å²) in [5.74, 6) is 0.513. The van der Waals surface area contributed by atoms with Crippen molar-refractivity contribution in [1.29, 1.82) is 0 Å². The molecule has 0 spiro atoms. The van der Waals surface area contributed by atoms with Gasteiger partial charge in [-0.05, 0) is 37.3 Å². The molecule has 1 amide bonds. The van der Waals surface area contributed by atoms with Gasteiger partial charge in [-0.3, -0.25) is 15.4 Å². The number of aromatic nitrogens is 4. The van der Waals surface area contributed by atoms with E-state index in [1.807, 2.05) is 6.07 Å². The van der Waals surface area contributed by atoms with Gasteiger partial charge in [0.05, 0.1) is 22.1 Å². The topological polar surface area (TPSA) is 133 Å². The van der Waals surface area contributed by atoms with Crippen LogP contribution in [0.25, 0.3) is 21.8 Å². The van der Waals surface area contributed by atoms with Crippen LogP contribution in [0.2, 0.25) is 0 Å². The minimum atomic E-state index is -1.14. The normalized spacial score (nSPS) is 10.9. The van der Waals surface area contributed by atoms with E-state index in [1.165, 1.54) is 0 Å². The molecule has 0 aliphatic heterocycles. The lowest BCUT2D eigenvalue weighted by Gasteiger charge is -2.09. The zero-order chi connectivity index (χ0) is 19.0. The standard InChI is InChI=1S/C18H14N6O3/c1-9-12-8-10(20-18(26)27)6-7-14(12)22-16(19-9)24-17-21-13-5-3-2-4-11(13)15(25)23-17/h2-8,20H,1H3,(H,26,27)(H2,19,21,22,23,24,25). The van der Waals surface area contributed by atoms with E-state index in [2.05, 4.69) is 30.6 Å². The Hall–Kier alpha value is -4.01. The van der Waals surface area contributed by atoms with Gasteiger partial charge in [0, 0.05) is 11.1 Å². The van der Waals surface area contributed by atoms with Crippen molar-refractivity contribution in [3.8, 4) is 0 Å². The molecule has 9 heteroatoms. The van der Waals surface area contributed by atoms with E-state index in [4.69, 9.17) is 5.11 Å². The number of para-hydroxylation sites is 1. The van der Waals surface area contributed by atoms with Crippen LogP contribution in [0.1, 0.15) is 5.69 Å². The highest BCUT2D eigenvalue weighted by Gasteiger charge is 2.09. The zero-order valence-corrected chi connectivity index (χ0v) is 14.1. The number of rotatable bonds is 3. The Morgan fingerprint density at radius 2 is 1.89 bits per heavy atom. The molecule has 0 bridgehead atoms. The molecule has 2 aromatic carbocycles. The van der Waals surface area contributed by atoms with Gasteiger partial charge in [-0.15, -0.1) is 0 Å². The molecule has 2 aromatic heterocycles. The maximum absolute atomic E-state index is 12.1. The summed E-state index contributed by atoms with van der Waals surface area (Å²) in [5.41, 5.74) is 2.02. The van der Waals surface area contributed by atoms with Crippen LogP contribution >= 0.6 is 0 Å². The predicted octanol–water partition coefficient (Wildman–Crippen LogP) is 3.01. The van der Waals surface area contributed by atoms with Gasteiger partial charge >= 0.3 is 6.09 Å². The number of nitrogens with one attached hydrogen (secondary N) is 3. The number of amides is 1. The summed E-state index contributed by atoms with van der Waals surface area (Å²) in [6.45, 7) is 1.79. The van der Waals surface area contributed by atoms with Gasteiger partial charge in [0.2, 0.25) is 11.9 Å². The Kier molecular flexibility index (Phi) is 3.88. The van der Waals surface area contributed by atoms with E-state index in [-0.39, 0.29) is 17.5 Å². The van der Waals surface area contributed by atoms with Crippen molar-refractivity contribution in [2.24, 2.45) is 0 Å². The van der Waals surface area contributed by atoms with E-state index >= 15 is 0 Å². The molecule has 0 radical (unpaired) electrons. The first-order valence-corrected chi connectivity index (χ1v) is 8.04. The largest absolute Gasteiger partial charge is 0.465 e. The van der Waals surface area contributed by atoms with Crippen LogP contribution in [-0.4, -0.2) is 31.1 Å². The van der Waals surface area contributed by atoms with E-state index in [0.717, 1.165) is 0 Å². The second kappa shape index (κ2) is 6.37. The van der Waals surface area contributed by atoms with Crippen molar-refractivity contribution in [2.45, 2.75) is 6.92 Å². The first-order valence-electron chi connectivity index (χ1n) is 8.04. The quantitative estimate of drug-likeness (QED) is 0.440. The highest BCUT2D eigenvalue weighted by atomic mass is 16.4. The average Bonchev–Trinajstić information content (AvgIpc) is 2.62. The summed E-state index contributed by atoms with van der Waals surface area (Å²) in [7, 11) is 0. The van der Waals surface area contributed by atoms with Crippen molar-refractivity contribution in [1.82, 2.24) is 19.9 Å². The van der Waals surface area contributed by atoms with Crippen LogP contribution in [0.4, 0.5) is 22.4 Å². The summed E-state index contributed by atoms with van der Waals surface area (Å²) in [5, 5.41) is 15.3. The average molecular weight is 362 g/mol. The zero-order valence-electron chi connectivity index (χ0n) is 14.1. The number of fused-ring (bicyclic) bond motifs is 2. The number of aryl methyl sites for hydroxylation is 1. The maximum atomic E-state index is 12.1. The van der Waals surface area contributed by atoms with Gasteiger partial charge in [0.25, 0.3) is 5.56 Å². The van der Waals surface area contributed by atoms with Crippen molar-refractivity contribution < 1.29 is 9.90 Å². The lowest BCUT2D eigenvalue weighted by molar-refractivity contribution is 0.210. The molecule has 4 N–H and O–H groups in total. The van der Waals surface area contributed by atoms with Crippen LogP contribution in [-0.2, 0) is 0 Å². The Labute approximate surface area is 152 Å². The van der Waals surface area contributed by atoms with Gasteiger partial charge in [0.1, 0.15) is 0 Å². The van der Waals surface area contributed by atoms with Gasteiger partial charge in [-0.1, -0.05) is 12.1 Å². The van der Waals surface area contributed by atoms with E-state index < -0.39 is 6.09 Å². The number of nitrogens with zero attached hydrogens (tertiary/aromatic N) is 3. The fourth-order valence-electron chi connectivity index (χ4n) is 2.80. The lowest BCUT2D eigenvalue weighted by Crippen LogP contribution is -2.12. The molecule has 2 heterocycles. The van der Waals surface area contributed by atoms with Crippen LogP contribution in [0.15, 0.2) is 47.3 Å². The van der Waals surface area contributed by atoms with Crippen molar-refractivity contribution in [3.05, 3.63) is 58.5 Å².